The average Bonchev–Trinajstić information content (AvgIpc) is 3.17. The number of rotatable bonds is 3. The molecule has 2 aliphatic rings. The molecule has 1 aromatic carbocycles. The van der Waals surface area contributed by atoms with Crippen molar-refractivity contribution in [3.05, 3.63) is 30.0 Å². The summed E-state index contributed by atoms with van der Waals surface area (Å²) in [6.07, 6.45) is 4.87. The highest BCUT2D eigenvalue weighted by Crippen LogP contribution is 2.38. The Morgan fingerprint density at radius 2 is 1.96 bits per heavy atom. The normalized spacial score (nSPS) is 21.2. The molecule has 25 heavy (non-hydrogen) atoms. The number of hydrogen-bond acceptors (Lipinski definition) is 6. The molecule has 3 heterocycles. The van der Waals surface area contributed by atoms with E-state index in [1.54, 1.807) is 4.31 Å². The monoisotopic (exact) mass is 364 g/mol. The van der Waals surface area contributed by atoms with Gasteiger partial charge < -0.3 is 14.0 Å². The van der Waals surface area contributed by atoms with Gasteiger partial charge in [-0.25, -0.2) is 8.42 Å². The van der Waals surface area contributed by atoms with Crippen LogP contribution in [0.1, 0.15) is 37.4 Å². The first-order chi connectivity index (χ1) is 12.0. The highest BCUT2D eigenvalue weighted by atomic mass is 32.2. The largest absolute Gasteiger partial charge is 0.454 e. The summed E-state index contributed by atoms with van der Waals surface area (Å²) in [5, 5.41) is 4.16. The van der Waals surface area contributed by atoms with Gasteiger partial charge in [0.25, 0.3) is 0 Å². The highest BCUT2D eigenvalue weighted by Gasteiger charge is 2.31. The Hall–Kier alpha value is -2.06. The van der Waals surface area contributed by atoms with E-state index < -0.39 is 10.0 Å². The van der Waals surface area contributed by atoms with Crippen molar-refractivity contribution in [1.29, 1.82) is 0 Å². The number of fused-ring (bicyclic) bond motifs is 1. The lowest BCUT2D eigenvalue weighted by Crippen LogP contribution is -2.34. The van der Waals surface area contributed by atoms with Crippen molar-refractivity contribution in [3.63, 3.8) is 0 Å². The quantitative estimate of drug-likeness (QED) is 0.833. The number of nitrogens with zero attached hydrogens (tertiary/aromatic N) is 2. The topological polar surface area (TPSA) is 81.9 Å². The Balaban J connectivity index is 1.65. The zero-order valence-corrected chi connectivity index (χ0v) is 14.8. The van der Waals surface area contributed by atoms with Crippen molar-refractivity contribution in [2.24, 2.45) is 0 Å². The summed E-state index contributed by atoms with van der Waals surface area (Å²) in [4.78, 5) is 0. The lowest BCUT2D eigenvalue weighted by molar-refractivity contribution is 0.174. The molecule has 1 fully saturated rings. The van der Waals surface area contributed by atoms with Crippen molar-refractivity contribution < 1.29 is 22.4 Å². The summed E-state index contributed by atoms with van der Waals surface area (Å²) >= 11 is 0. The third kappa shape index (κ3) is 3.23. The van der Waals surface area contributed by atoms with Crippen LogP contribution in [0.25, 0.3) is 11.3 Å². The minimum Gasteiger partial charge on any atom is -0.454 e. The smallest absolute Gasteiger partial charge is 0.231 e. The molecule has 7 nitrogen and oxygen atoms in total. The van der Waals surface area contributed by atoms with Crippen LogP contribution in [-0.4, -0.2) is 37.5 Å². The maximum atomic E-state index is 12.2. The molecule has 0 aliphatic carbocycles. The molecule has 0 N–H and O–H groups in total. The molecular weight excluding hydrogens is 344 g/mol. The number of hydrogen-bond donors (Lipinski definition) is 0. The van der Waals surface area contributed by atoms with Crippen LogP contribution in [0, 0.1) is 0 Å². The molecule has 0 saturated carbocycles. The van der Waals surface area contributed by atoms with E-state index in [2.05, 4.69) is 5.16 Å². The van der Waals surface area contributed by atoms with Crippen molar-refractivity contribution in [1.82, 2.24) is 9.46 Å². The van der Waals surface area contributed by atoms with E-state index in [1.165, 1.54) is 6.26 Å². The standard InChI is InChI=1S/C17H20N2O5S/c1-25(20,21)19-8-4-2-3-5-14(19)13-10-16(24-18-13)12-6-7-15-17(9-12)23-11-22-15/h6-7,9-10,14H,2-5,8,11H2,1H3/t14-/m1/s1. The molecule has 2 aromatic rings. The second-order valence-electron chi connectivity index (χ2n) is 6.42. The molecule has 0 bridgehead atoms. The maximum absolute atomic E-state index is 12.2. The second kappa shape index (κ2) is 6.34. The van der Waals surface area contributed by atoms with Crippen LogP contribution in [-0.2, 0) is 10.0 Å². The number of ether oxygens (including phenoxy) is 2. The van der Waals surface area contributed by atoms with Gasteiger partial charge in [-0.05, 0) is 31.0 Å². The summed E-state index contributed by atoms with van der Waals surface area (Å²) in [6.45, 7) is 0.738. The zero-order chi connectivity index (χ0) is 17.4. The van der Waals surface area contributed by atoms with E-state index in [-0.39, 0.29) is 12.8 Å². The van der Waals surface area contributed by atoms with Gasteiger partial charge in [0.05, 0.1) is 12.3 Å². The zero-order valence-electron chi connectivity index (χ0n) is 14.0. The molecule has 0 unspecified atom stereocenters. The van der Waals surface area contributed by atoms with Crippen molar-refractivity contribution >= 4 is 10.0 Å². The molecule has 0 spiro atoms. The Labute approximate surface area is 146 Å². The van der Waals surface area contributed by atoms with Crippen molar-refractivity contribution in [2.75, 3.05) is 19.6 Å². The lowest BCUT2D eigenvalue weighted by atomic mass is 10.1. The van der Waals surface area contributed by atoms with E-state index >= 15 is 0 Å². The van der Waals surface area contributed by atoms with Crippen LogP contribution in [0.15, 0.2) is 28.8 Å². The van der Waals surface area contributed by atoms with Crippen LogP contribution >= 0.6 is 0 Å². The van der Waals surface area contributed by atoms with Gasteiger partial charge >= 0.3 is 0 Å². The summed E-state index contributed by atoms with van der Waals surface area (Å²) < 4.78 is 42.1. The summed E-state index contributed by atoms with van der Waals surface area (Å²) in [5.74, 6) is 1.96. The summed E-state index contributed by atoms with van der Waals surface area (Å²) in [5.41, 5.74) is 1.47. The molecule has 1 saturated heterocycles. The fourth-order valence-electron chi connectivity index (χ4n) is 3.41. The molecule has 0 radical (unpaired) electrons. The average molecular weight is 364 g/mol. The Kier molecular flexibility index (Phi) is 4.16. The molecule has 134 valence electrons. The van der Waals surface area contributed by atoms with Crippen molar-refractivity contribution in [2.45, 2.75) is 31.7 Å². The van der Waals surface area contributed by atoms with Gasteiger partial charge in [-0.15, -0.1) is 0 Å². The van der Waals surface area contributed by atoms with Gasteiger partial charge in [0, 0.05) is 18.2 Å². The fraction of sp³-hybridized carbons (Fsp3) is 0.471. The molecule has 0 amide bonds. The number of aromatic nitrogens is 1. The van der Waals surface area contributed by atoms with Gasteiger partial charge in [-0.3, -0.25) is 0 Å². The third-order valence-electron chi connectivity index (χ3n) is 4.66. The number of benzene rings is 1. The lowest BCUT2D eigenvalue weighted by Gasteiger charge is -2.25. The predicted octanol–water partition coefficient (Wildman–Crippen LogP) is 2.95. The minimum absolute atomic E-state index is 0.214. The first-order valence-electron chi connectivity index (χ1n) is 8.36. The molecule has 8 heteroatoms. The molecule has 2 aliphatic heterocycles. The van der Waals surface area contributed by atoms with Crippen LogP contribution in [0.2, 0.25) is 0 Å². The minimum atomic E-state index is -3.29. The van der Waals surface area contributed by atoms with Crippen LogP contribution < -0.4 is 9.47 Å². The molecule has 4 rings (SSSR count). The van der Waals surface area contributed by atoms with Crippen LogP contribution in [0.4, 0.5) is 0 Å². The van der Waals surface area contributed by atoms with Gasteiger partial charge in [0.2, 0.25) is 16.8 Å². The molecule has 1 aromatic heterocycles. The highest BCUT2D eigenvalue weighted by molar-refractivity contribution is 7.88. The van der Waals surface area contributed by atoms with Gasteiger partial charge in [-0.2, -0.15) is 4.31 Å². The molecule has 1 atom stereocenters. The first kappa shape index (κ1) is 16.4. The third-order valence-corrected chi connectivity index (χ3v) is 5.95. The Bertz CT molecular complexity index is 877. The summed E-state index contributed by atoms with van der Waals surface area (Å²) in [6, 6.07) is 7.09. The van der Waals surface area contributed by atoms with E-state index in [9.17, 15) is 8.42 Å². The van der Waals surface area contributed by atoms with E-state index in [4.69, 9.17) is 14.0 Å². The SMILES string of the molecule is CS(=O)(=O)N1CCCCC[C@@H]1c1cc(-c2ccc3c(c2)OCO3)on1. The first-order valence-corrected chi connectivity index (χ1v) is 10.2. The Morgan fingerprint density at radius 3 is 2.80 bits per heavy atom. The maximum Gasteiger partial charge on any atom is 0.231 e. The second-order valence-corrected chi connectivity index (χ2v) is 8.36. The Morgan fingerprint density at radius 1 is 1.12 bits per heavy atom. The van der Waals surface area contributed by atoms with E-state index in [1.807, 2.05) is 24.3 Å². The van der Waals surface area contributed by atoms with Crippen molar-refractivity contribution in [3.8, 4) is 22.8 Å². The van der Waals surface area contributed by atoms with Crippen LogP contribution in [0.5, 0.6) is 11.5 Å². The fourth-order valence-corrected chi connectivity index (χ4v) is 4.54. The predicted molar refractivity (Wildman–Crippen MR) is 90.8 cm³/mol. The number of sulfonamides is 1. The summed E-state index contributed by atoms with van der Waals surface area (Å²) in [7, 11) is -3.29. The van der Waals surface area contributed by atoms with E-state index in [0.29, 0.717) is 29.5 Å². The van der Waals surface area contributed by atoms with Gasteiger partial charge in [0.1, 0.15) is 5.69 Å². The molecular formula is C17H20N2O5S. The van der Waals surface area contributed by atoms with Crippen LogP contribution in [0.3, 0.4) is 0 Å². The van der Waals surface area contributed by atoms with Gasteiger partial charge in [0.15, 0.2) is 17.3 Å². The van der Waals surface area contributed by atoms with E-state index in [0.717, 1.165) is 31.2 Å². The van der Waals surface area contributed by atoms with Gasteiger partial charge in [-0.1, -0.05) is 18.0 Å².